The molecule has 0 bridgehead atoms. The van der Waals surface area contributed by atoms with Crippen LogP contribution in [0.2, 0.25) is 5.02 Å². The summed E-state index contributed by atoms with van der Waals surface area (Å²) in [6.07, 6.45) is 3.06. The second-order valence-electron chi connectivity index (χ2n) is 8.21. The fourth-order valence-corrected chi connectivity index (χ4v) is 4.48. The average molecular weight is 479 g/mol. The molecule has 9 nitrogen and oxygen atoms in total. The largest absolute Gasteiger partial charge is 0.378 e. The Morgan fingerprint density at radius 3 is 2.76 bits per heavy atom. The molecule has 2 N–H and O–H groups in total. The lowest BCUT2D eigenvalue weighted by atomic mass is 10.0. The molecule has 0 saturated carbocycles. The number of rotatable bonds is 5. The van der Waals surface area contributed by atoms with E-state index in [2.05, 4.69) is 20.3 Å². The summed E-state index contributed by atoms with van der Waals surface area (Å²) in [5.41, 5.74) is 2.04. The lowest BCUT2D eigenvalue weighted by molar-refractivity contribution is 0.0300. The molecule has 4 aromatic rings. The lowest BCUT2D eigenvalue weighted by Crippen LogP contribution is -2.41. The van der Waals surface area contributed by atoms with Gasteiger partial charge in [0.2, 0.25) is 0 Å². The summed E-state index contributed by atoms with van der Waals surface area (Å²) >= 11 is 6.50. The predicted octanol–water partition coefficient (Wildman–Crippen LogP) is 4.01. The Balaban J connectivity index is 1.57. The Bertz CT molecular complexity index is 1410. The number of carbonyl (C=O) groups is 2. The molecule has 1 saturated heterocycles. The molecule has 3 aromatic heterocycles. The van der Waals surface area contributed by atoms with Gasteiger partial charge in [-0.25, -0.2) is 15.0 Å². The van der Waals surface area contributed by atoms with Crippen LogP contribution in [0.15, 0.2) is 36.8 Å². The number of hydrogen-bond acceptors (Lipinski definition) is 7. The first kappa shape index (κ1) is 22.2. The van der Waals surface area contributed by atoms with Crippen molar-refractivity contribution in [1.82, 2.24) is 24.8 Å². The SMILES string of the molecule is CC(=O)c1c[nH]c2ncnc(N[C@@H](C)c3cc4cccc(Cl)c4c(C(=O)N4CCOCC4)n3)c12. The van der Waals surface area contributed by atoms with Gasteiger partial charge in [0.25, 0.3) is 5.91 Å². The van der Waals surface area contributed by atoms with Gasteiger partial charge in [-0.2, -0.15) is 0 Å². The van der Waals surface area contributed by atoms with Crippen LogP contribution in [-0.2, 0) is 4.74 Å². The molecule has 1 atom stereocenters. The Hall–Kier alpha value is -3.56. The van der Waals surface area contributed by atoms with E-state index >= 15 is 0 Å². The number of benzene rings is 1. The van der Waals surface area contributed by atoms with E-state index in [1.165, 1.54) is 13.3 Å². The van der Waals surface area contributed by atoms with Gasteiger partial charge in [-0.1, -0.05) is 23.7 Å². The number of H-pyrrole nitrogens is 1. The fraction of sp³-hybridized carbons (Fsp3) is 0.292. The smallest absolute Gasteiger partial charge is 0.273 e. The van der Waals surface area contributed by atoms with Gasteiger partial charge in [0.15, 0.2) is 5.78 Å². The molecule has 1 aliphatic heterocycles. The summed E-state index contributed by atoms with van der Waals surface area (Å²) in [5.74, 6) is 0.246. The monoisotopic (exact) mass is 478 g/mol. The zero-order valence-electron chi connectivity index (χ0n) is 18.8. The first-order valence-electron chi connectivity index (χ1n) is 11.0. The molecule has 0 unspecified atom stereocenters. The zero-order chi connectivity index (χ0) is 23.8. The third kappa shape index (κ3) is 3.97. The van der Waals surface area contributed by atoms with Crippen molar-refractivity contribution in [3.8, 4) is 0 Å². The van der Waals surface area contributed by atoms with E-state index in [0.717, 1.165) is 5.39 Å². The van der Waals surface area contributed by atoms with E-state index in [9.17, 15) is 9.59 Å². The van der Waals surface area contributed by atoms with Crippen molar-refractivity contribution in [2.75, 3.05) is 31.6 Å². The van der Waals surface area contributed by atoms with E-state index in [1.807, 2.05) is 25.1 Å². The van der Waals surface area contributed by atoms with Crippen LogP contribution < -0.4 is 5.32 Å². The molecule has 1 amide bonds. The highest BCUT2D eigenvalue weighted by molar-refractivity contribution is 6.36. The number of aromatic nitrogens is 4. The van der Waals surface area contributed by atoms with Crippen molar-refractivity contribution in [2.45, 2.75) is 19.9 Å². The van der Waals surface area contributed by atoms with Crippen LogP contribution in [0.25, 0.3) is 21.8 Å². The molecule has 10 heteroatoms. The average Bonchev–Trinajstić information content (AvgIpc) is 3.29. The summed E-state index contributed by atoms with van der Waals surface area (Å²) in [4.78, 5) is 43.6. The van der Waals surface area contributed by atoms with Crippen LogP contribution in [-0.4, -0.2) is 62.8 Å². The van der Waals surface area contributed by atoms with E-state index in [-0.39, 0.29) is 17.7 Å². The number of nitrogens with one attached hydrogen (secondary N) is 2. The third-order valence-electron chi connectivity index (χ3n) is 5.97. The molecule has 0 radical (unpaired) electrons. The quantitative estimate of drug-likeness (QED) is 0.416. The molecule has 5 rings (SSSR count). The van der Waals surface area contributed by atoms with Crippen LogP contribution in [0.1, 0.15) is 46.4 Å². The van der Waals surface area contributed by atoms with Gasteiger partial charge in [0.1, 0.15) is 23.5 Å². The van der Waals surface area contributed by atoms with Crippen LogP contribution in [0.4, 0.5) is 5.82 Å². The Morgan fingerprint density at radius 2 is 2.00 bits per heavy atom. The van der Waals surface area contributed by atoms with Crippen LogP contribution in [0.5, 0.6) is 0 Å². The molecule has 1 aromatic carbocycles. The number of ketones is 1. The first-order valence-corrected chi connectivity index (χ1v) is 11.4. The summed E-state index contributed by atoms with van der Waals surface area (Å²) in [6, 6.07) is 7.11. The van der Waals surface area contributed by atoms with Gasteiger partial charge in [0.05, 0.1) is 35.4 Å². The zero-order valence-corrected chi connectivity index (χ0v) is 19.5. The van der Waals surface area contributed by atoms with Crippen molar-refractivity contribution in [3.05, 3.63) is 58.8 Å². The van der Waals surface area contributed by atoms with E-state index < -0.39 is 0 Å². The van der Waals surface area contributed by atoms with Crippen LogP contribution in [0.3, 0.4) is 0 Å². The van der Waals surface area contributed by atoms with Gasteiger partial charge in [-0.05, 0) is 31.4 Å². The minimum absolute atomic E-state index is 0.0892. The second kappa shape index (κ2) is 9.00. The molecule has 4 heterocycles. The van der Waals surface area contributed by atoms with Crippen LogP contribution >= 0.6 is 11.6 Å². The minimum Gasteiger partial charge on any atom is -0.378 e. The van der Waals surface area contributed by atoms with E-state index in [4.69, 9.17) is 21.3 Å². The number of nitrogens with zero attached hydrogens (tertiary/aromatic N) is 4. The maximum atomic E-state index is 13.4. The van der Waals surface area contributed by atoms with Gasteiger partial charge >= 0.3 is 0 Å². The molecular weight excluding hydrogens is 456 g/mol. The molecule has 1 fully saturated rings. The number of Topliss-reactive ketones (excluding diaryl/α,β-unsaturated/α-hetero) is 1. The Labute approximate surface area is 200 Å². The maximum absolute atomic E-state index is 13.4. The van der Waals surface area contributed by atoms with E-state index in [0.29, 0.717) is 70.5 Å². The lowest BCUT2D eigenvalue weighted by Gasteiger charge is -2.27. The van der Waals surface area contributed by atoms with E-state index in [1.54, 1.807) is 17.2 Å². The van der Waals surface area contributed by atoms with Crippen molar-refractivity contribution >= 4 is 50.9 Å². The highest BCUT2D eigenvalue weighted by atomic mass is 35.5. The van der Waals surface area contributed by atoms with Crippen molar-refractivity contribution in [1.29, 1.82) is 0 Å². The third-order valence-corrected chi connectivity index (χ3v) is 6.29. The molecule has 0 aliphatic carbocycles. The fourth-order valence-electron chi connectivity index (χ4n) is 4.21. The number of amides is 1. The second-order valence-corrected chi connectivity index (χ2v) is 8.62. The first-order chi connectivity index (χ1) is 16.4. The summed E-state index contributed by atoms with van der Waals surface area (Å²) in [6.45, 7) is 5.42. The molecule has 0 spiro atoms. The number of halogens is 1. The molecule has 174 valence electrons. The number of ether oxygens (including phenoxy) is 1. The molecule has 1 aliphatic rings. The highest BCUT2D eigenvalue weighted by Crippen LogP contribution is 2.31. The number of aromatic amines is 1. The number of morpholine rings is 1. The van der Waals surface area contributed by atoms with Gasteiger partial charge in [-0.3, -0.25) is 9.59 Å². The Morgan fingerprint density at radius 1 is 1.21 bits per heavy atom. The normalized spacial score (nSPS) is 15.0. The van der Waals surface area contributed by atoms with Gasteiger partial charge in [0, 0.05) is 30.2 Å². The van der Waals surface area contributed by atoms with Gasteiger partial charge in [-0.15, -0.1) is 0 Å². The number of pyridine rings is 1. The number of anilines is 1. The number of fused-ring (bicyclic) bond motifs is 2. The Kier molecular flexibility index (Phi) is 5.89. The summed E-state index contributed by atoms with van der Waals surface area (Å²) in [7, 11) is 0. The van der Waals surface area contributed by atoms with Crippen molar-refractivity contribution in [3.63, 3.8) is 0 Å². The number of carbonyl (C=O) groups excluding carboxylic acids is 2. The van der Waals surface area contributed by atoms with Crippen LogP contribution in [0, 0.1) is 0 Å². The summed E-state index contributed by atoms with van der Waals surface area (Å²) in [5, 5.41) is 5.89. The van der Waals surface area contributed by atoms with Crippen molar-refractivity contribution < 1.29 is 14.3 Å². The summed E-state index contributed by atoms with van der Waals surface area (Å²) < 4.78 is 5.39. The maximum Gasteiger partial charge on any atom is 0.273 e. The van der Waals surface area contributed by atoms with Crippen molar-refractivity contribution in [2.24, 2.45) is 0 Å². The standard InChI is InChI=1S/C24H23ClN6O3/c1-13(29-23-20-16(14(2)32)11-26-22(20)27-12-28-23)18-10-15-4-3-5-17(25)19(15)21(30-18)24(33)31-6-8-34-9-7-31/h3-5,10-13H,6-9H2,1-2H3,(H2,26,27,28,29)/t13-/m0/s1. The molecule has 34 heavy (non-hydrogen) atoms. The molecular formula is C24H23ClN6O3. The van der Waals surface area contributed by atoms with Gasteiger partial charge < -0.3 is 19.9 Å². The number of hydrogen-bond donors (Lipinski definition) is 2. The minimum atomic E-state index is -0.326. The highest BCUT2D eigenvalue weighted by Gasteiger charge is 2.25. The topological polar surface area (TPSA) is 113 Å². The predicted molar refractivity (Wildman–Crippen MR) is 129 cm³/mol.